The van der Waals surface area contributed by atoms with Gasteiger partial charge < -0.3 is 19.7 Å². The quantitative estimate of drug-likeness (QED) is 0.494. The standard InChI is InChI=1S/C19H24N2O5/c1-13(22)20-16(19(24)21-9-5-4-6-10-21)11-15-7-8-17(26-14(2)23)18(12-15)25-3/h7-8,11-12H,4-6,9-10H2,1-3H3,(H,20,22). The van der Waals surface area contributed by atoms with Gasteiger partial charge in [0.1, 0.15) is 5.70 Å². The first-order valence-electron chi connectivity index (χ1n) is 8.55. The predicted octanol–water partition coefficient (Wildman–Crippen LogP) is 2.11. The van der Waals surface area contributed by atoms with Gasteiger partial charge in [-0.2, -0.15) is 0 Å². The Morgan fingerprint density at radius 1 is 1.08 bits per heavy atom. The van der Waals surface area contributed by atoms with Crippen molar-refractivity contribution in [2.75, 3.05) is 20.2 Å². The Morgan fingerprint density at radius 3 is 2.35 bits per heavy atom. The average Bonchev–Trinajstić information content (AvgIpc) is 2.61. The van der Waals surface area contributed by atoms with Gasteiger partial charge >= 0.3 is 5.97 Å². The first-order valence-corrected chi connectivity index (χ1v) is 8.55. The molecule has 0 saturated carbocycles. The lowest BCUT2D eigenvalue weighted by Crippen LogP contribution is -2.40. The summed E-state index contributed by atoms with van der Waals surface area (Å²) >= 11 is 0. The molecular weight excluding hydrogens is 336 g/mol. The molecule has 0 spiro atoms. The number of ether oxygens (including phenoxy) is 2. The summed E-state index contributed by atoms with van der Waals surface area (Å²) in [5, 5.41) is 2.61. The molecule has 140 valence electrons. The molecule has 2 amide bonds. The van der Waals surface area contributed by atoms with Crippen molar-refractivity contribution in [2.24, 2.45) is 0 Å². The summed E-state index contributed by atoms with van der Waals surface area (Å²) in [6.07, 6.45) is 4.63. The monoisotopic (exact) mass is 360 g/mol. The van der Waals surface area contributed by atoms with Crippen LogP contribution in [0.1, 0.15) is 38.7 Å². The van der Waals surface area contributed by atoms with Crippen LogP contribution in [-0.2, 0) is 14.4 Å². The number of hydrogen-bond acceptors (Lipinski definition) is 5. The molecule has 26 heavy (non-hydrogen) atoms. The SMILES string of the molecule is COc1cc(C=C(NC(C)=O)C(=O)N2CCCCC2)ccc1OC(C)=O. The van der Waals surface area contributed by atoms with Crippen LogP contribution < -0.4 is 14.8 Å². The summed E-state index contributed by atoms with van der Waals surface area (Å²) in [5.74, 6) is -0.319. The van der Waals surface area contributed by atoms with Crippen LogP contribution in [0.4, 0.5) is 0 Å². The molecule has 1 saturated heterocycles. The van der Waals surface area contributed by atoms with E-state index in [1.807, 2.05) is 0 Å². The number of nitrogens with one attached hydrogen (secondary N) is 1. The lowest BCUT2D eigenvalue weighted by molar-refractivity contribution is -0.132. The summed E-state index contributed by atoms with van der Waals surface area (Å²) in [4.78, 5) is 37.2. The number of piperidine rings is 1. The molecule has 0 aromatic heterocycles. The maximum atomic E-state index is 12.7. The number of esters is 1. The third-order valence-electron chi connectivity index (χ3n) is 3.94. The lowest BCUT2D eigenvalue weighted by Gasteiger charge is -2.27. The third-order valence-corrected chi connectivity index (χ3v) is 3.94. The van der Waals surface area contributed by atoms with E-state index in [0.717, 1.165) is 19.3 Å². The van der Waals surface area contributed by atoms with Crippen molar-refractivity contribution >= 4 is 23.9 Å². The van der Waals surface area contributed by atoms with Crippen LogP contribution in [0.2, 0.25) is 0 Å². The fourth-order valence-electron chi connectivity index (χ4n) is 2.79. The Hall–Kier alpha value is -2.83. The van der Waals surface area contributed by atoms with Crippen molar-refractivity contribution < 1.29 is 23.9 Å². The second-order valence-corrected chi connectivity index (χ2v) is 6.10. The van der Waals surface area contributed by atoms with E-state index in [1.165, 1.54) is 21.0 Å². The highest BCUT2D eigenvalue weighted by Gasteiger charge is 2.21. The molecule has 2 rings (SSSR count). The molecular formula is C19H24N2O5. The first-order chi connectivity index (χ1) is 12.4. The van der Waals surface area contributed by atoms with Gasteiger partial charge in [-0.1, -0.05) is 6.07 Å². The van der Waals surface area contributed by atoms with Crippen molar-refractivity contribution in [1.29, 1.82) is 0 Å². The molecule has 7 nitrogen and oxygen atoms in total. The van der Waals surface area contributed by atoms with E-state index >= 15 is 0 Å². The van der Waals surface area contributed by atoms with E-state index in [4.69, 9.17) is 9.47 Å². The van der Waals surface area contributed by atoms with Gasteiger partial charge in [-0.3, -0.25) is 14.4 Å². The van der Waals surface area contributed by atoms with Gasteiger partial charge in [0.05, 0.1) is 7.11 Å². The average molecular weight is 360 g/mol. The van der Waals surface area contributed by atoms with Crippen LogP contribution in [0.15, 0.2) is 23.9 Å². The minimum atomic E-state index is -0.453. The summed E-state index contributed by atoms with van der Waals surface area (Å²) in [6.45, 7) is 4.04. The number of hydrogen-bond donors (Lipinski definition) is 1. The smallest absolute Gasteiger partial charge is 0.308 e. The Bertz CT molecular complexity index is 721. The molecule has 1 aromatic rings. The molecule has 0 unspecified atom stereocenters. The molecule has 0 aliphatic carbocycles. The number of likely N-dealkylation sites (tertiary alicyclic amines) is 1. The van der Waals surface area contributed by atoms with Crippen LogP contribution in [0.5, 0.6) is 11.5 Å². The Kier molecular flexibility index (Phi) is 6.77. The summed E-state index contributed by atoms with van der Waals surface area (Å²) in [6, 6.07) is 4.92. The van der Waals surface area contributed by atoms with Gasteiger partial charge in [0.15, 0.2) is 11.5 Å². The van der Waals surface area contributed by atoms with Crippen LogP contribution in [0, 0.1) is 0 Å². The second-order valence-electron chi connectivity index (χ2n) is 6.10. The van der Waals surface area contributed by atoms with E-state index in [0.29, 0.717) is 30.2 Å². The first kappa shape index (κ1) is 19.5. The van der Waals surface area contributed by atoms with Crippen molar-refractivity contribution in [3.63, 3.8) is 0 Å². The highest BCUT2D eigenvalue weighted by Crippen LogP contribution is 2.29. The van der Waals surface area contributed by atoms with Crippen LogP contribution >= 0.6 is 0 Å². The molecule has 7 heteroatoms. The zero-order chi connectivity index (χ0) is 19.1. The number of amides is 2. The number of nitrogens with zero attached hydrogens (tertiary/aromatic N) is 1. The van der Waals surface area contributed by atoms with Gasteiger partial charge in [0.25, 0.3) is 5.91 Å². The van der Waals surface area contributed by atoms with Gasteiger partial charge in [-0.25, -0.2) is 0 Å². The van der Waals surface area contributed by atoms with Gasteiger partial charge in [-0.15, -0.1) is 0 Å². The number of carbonyl (C=O) groups excluding carboxylic acids is 3. The largest absolute Gasteiger partial charge is 0.493 e. The molecule has 1 aromatic carbocycles. The fraction of sp³-hybridized carbons (Fsp3) is 0.421. The molecule has 1 aliphatic heterocycles. The minimum Gasteiger partial charge on any atom is -0.493 e. The minimum absolute atomic E-state index is 0.206. The summed E-state index contributed by atoms with van der Waals surface area (Å²) < 4.78 is 10.3. The number of benzene rings is 1. The van der Waals surface area contributed by atoms with Gasteiger partial charge in [0.2, 0.25) is 5.91 Å². The highest BCUT2D eigenvalue weighted by molar-refractivity contribution is 6.01. The molecule has 0 atom stereocenters. The molecule has 0 radical (unpaired) electrons. The van der Waals surface area contributed by atoms with E-state index < -0.39 is 5.97 Å². The van der Waals surface area contributed by atoms with E-state index in [2.05, 4.69) is 5.32 Å². The van der Waals surface area contributed by atoms with Crippen molar-refractivity contribution in [1.82, 2.24) is 10.2 Å². The second kappa shape index (κ2) is 9.03. The Labute approximate surface area is 153 Å². The highest BCUT2D eigenvalue weighted by atomic mass is 16.6. The Balaban J connectivity index is 2.31. The van der Waals surface area contributed by atoms with E-state index in [-0.39, 0.29) is 17.5 Å². The molecule has 1 N–H and O–H groups in total. The van der Waals surface area contributed by atoms with Gasteiger partial charge in [-0.05, 0) is 43.0 Å². The summed E-state index contributed by atoms with van der Waals surface area (Å²) in [7, 11) is 1.46. The third kappa shape index (κ3) is 5.34. The molecule has 0 bridgehead atoms. The topological polar surface area (TPSA) is 84.9 Å². The van der Waals surface area contributed by atoms with E-state index in [9.17, 15) is 14.4 Å². The summed E-state index contributed by atoms with van der Waals surface area (Å²) in [5.41, 5.74) is 0.855. The number of carbonyl (C=O) groups is 3. The van der Waals surface area contributed by atoms with Crippen LogP contribution in [-0.4, -0.2) is 42.9 Å². The van der Waals surface area contributed by atoms with Crippen molar-refractivity contribution in [3.8, 4) is 11.5 Å². The van der Waals surface area contributed by atoms with E-state index in [1.54, 1.807) is 29.2 Å². The maximum absolute atomic E-state index is 12.7. The predicted molar refractivity (Wildman–Crippen MR) is 96.5 cm³/mol. The van der Waals surface area contributed by atoms with Gasteiger partial charge in [0, 0.05) is 26.9 Å². The lowest BCUT2D eigenvalue weighted by atomic mass is 10.1. The van der Waals surface area contributed by atoms with Crippen molar-refractivity contribution in [2.45, 2.75) is 33.1 Å². The normalized spacial score (nSPS) is 14.6. The van der Waals surface area contributed by atoms with Crippen LogP contribution in [0.25, 0.3) is 6.08 Å². The zero-order valence-corrected chi connectivity index (χ0v) is 15.3. The number of methoxy groups -OCH3 is 1. The van der Waals surface area contributed by atoms with Crippen LogP contribution in [0.3, 0.4) is 0 Å². The fourth-order valence-corrected chi connectivity index (χ4v) is 2.79. The number of rotatable bonds is 5. The Morgan fingerprint density at radius 2 is 1.77 bits per heavy atom. The molecule has 1 aliphatic rings. The van der Waals surface area contributed by atoms with Crippen molar-refractivity contribution in [3.05, 3.63) is 29.5 Å². The molecule has 1 fully saturated rings. The maximum Gasteiger partial charge on any atom is 0.308 e. The zero-order valence-electron chi connectivity index (χ0n) is 15.3. The molecule has 1 heterocycles.